The Kier molecular flexibility index (Phi) is 4.47. The molecule has 0 spiro atoms. The van der Waals surface area contributed by atoms with Gasteiger partial charge in [0.05, 0.1) is 24.5 Å². The average molecular weight is 390 g/mol. The van der Waals surface area contributed by atoms with E-state index < -0.39 is 0 Å². The molecule has 0 aliphatic carbocycles. The minimum Gasteiger partial charge on any atom is -0.493 e. The molecule has 0 bridgehead atoms. The number of hydrogen-bond acceptors (Lipinski definition) is 5. The first-order valence-corrected chi connectivity index (χ1v) is 10.3. The van der Waals surface area contributed by atoms with Crippen molar-refractivity contribution < 1.29 is 4.74 Å². The third kappa shape index (κ3) is 3.06. The Morgan fingerprint density at radius 1 is 1.17 bits per heavy atom. The Morgan fingerprint density at radius 2 is 2.00 bits per heavy atom. The van der Waals surface area contributed by atoms with Crippen LogP contribution in [0.5, 0.6) is 5.75 Å². The molecule has 4 aromatic rings. The van der Waals surface area contributed by atoms with Crippen LogP contribution in [0.4, 0.5) is 0 Å². The highest BCUT2D eigenvalue weighted by molar-refractivity contribution is 5.91. The van der Waals surface area contributed by atoms with Gasteiger partial charge in [0.1, 0.15) is 6.33 Å². The second kappa shape index (κ2) is 7.15. The van der Waals surface area contributed by atoms with Gasteiger partial charge in [-0.3, -0.25) is 4.98 Å². The zero-order chi connectivity index (χ0) is 20.0. The third-order valence-corrected chi connectivity index (χ3v) is 5.93. The first kappa shape index (κ1) is 18.1. The molecule has 0 amide bonds. The van der Waals surface area contributed by atoms with Crippen molar-refractivity contribution in [2.45, 2.75) is 38.5 Å². The first-order chi connectivity index (χ1) is 14.2. The third-order valence-electron chi connectivity index (χ3n) is 5.93. The van der Waals surface area contributed by atoms with E-state index in [9.17, 15) is 0 Å². The quantitative estimate of drug-likeness (QED) is 0.553. The SMILES string of the molecule is COc1cc(-c2[nH]c3cnc(C4CCNCC4)cc3c2C(C)C)cn2ncnc12. The molecule has 5 heterocycles. The predicted molar refractivity (Wildman–Crippen MR) is 114 cm³/mol. The number of ether oxygens (including phenoxy) is 1. The Bertz CT molecular complexity index is 1170. The van der Waals surface area contributed by atoms with E-state index in [1.54, 1.807) is 18.0 Å². The van der Waals surface area contributed by atoms with Gasteiger partial charge < -0.3 is 15.0 Å². The zero-order valence-electron chi connectivity index (χ0n) is 17.1. The summed E-state index contributed by atoms with van der Waals surface area (Å²) in [5.41, 5.74) is 6.42. The number of hydrogen-bond donors (Lipinski definition) is 2. The van der Waals surface area contributed by atoms with Gasteiger partial charge in [-0.05, 0) is 49.5 Å². The van der Waals surface area contributed by atoms with Gasteiger partial charge in [-0.2, -0.15) is 5.10 Å². The van der Waals surface area contributed by atoms with Crippen LogP contribution in [0.1, 0.15) is 49.8 Å². The van der Waals surface area contributed by atoms with Crippen LogP contribution in [0.2, 0.25) is 0 Å². The Hall–Kier alpha value is -2.93. The van der Waals surface area contributed by atoms with Crippen molar-refractivity contribution in [2.75, 3.05) is 20.2 Å². The summed E-state index contributed by atoms with van der Waals surface area (Å²) in [5, 5.41) is 9.01. The maximum absolute atomic E-state index is 5.57. The maximum Gasteiger partial charge on any atom is 0.197 e. The van der Waals surface area contributed by atoms with Crippen LogP contribution in [0, 0.1) is 0 Å². The molecule has 1 fully saturated rings. The van der Waals surface area contributed by atoms with Gasteiger partial charge in [-0.25, -0.2) is 9.50 Å². The van der Waals surface area contributed by atoms with Crippen LogP contribution < -0.4 is 10.1 Å². The van der Waals surface area contributed by atoms with Crippen molar-refractivity contribution in [1.29, 1.82) is 0 Å². The number of methoxy groups -OCH3 is 1. The van der Waals surface area contributed by atoms with Crippen LogP contribution in [0.25, 0.3) is 27.8 Å². The number of nitrogens with one attached hydrogen (secondary N) is 2. The van der Waals surface area contributed by atoms with E-state index in [2.05, 4.69) is 40.3 Å². The standard InChI is InChI=1S/C22H26N6O/c1-13(2)20-16-9-17(14-4-6-23-7-5-14)24-10-18(16)27-21(20)15-8-19(29-3)22-25-12-26-28(22)11-15/h8-14,23,27H,4-7H2,1-3H3. The lowest BCUT2D eigenvalue weighted by Gasteiger charge is -2.22. The molecule has 29 heavy (non-hydrogen) atoms. The topological polar surface area (TPSA) is 80.1 Å². The molecule has 4 aromatic heterocycles. The van der Waals surface area contributed by atoms with Crippen LogP contribution in [-0.4, -0.2) is 44.8 Å². The smallest absolute Gasteiger partial charge is 0.197 e. The molecule has 1 aliphatic rings. The predicted octanol–water partition coefficient (Wildman–Crippen LogP) is 3.87. The van der Waals surface area contributed by atoms with Crippen LogP contribution >= 0.6 is 0 Å². The highest BCUT2D eigenvalue weighted by atomic mass is 16.5. The Labute approximate surface area is 169 Å². The molecular weight excluding hydrogens is 364 g/mol. The lowest BCUT2D eigenvalue weighted by molar-refractivity contribution is 0.416. The fraction of sp³-hybridized carbons (Fsp3) is 0.409. The minimum absolute atomic E-state index is 0.361. The van der Waals surface area contributed by atoms with E-state index in [0.717, 1.165) is 42.7 Å². The zero-order valence-corrected chi connectivity index (χ0v) is 17.1. The molecule has 0 aromatic carbocycles. The van der Waals surface area contributed by atoms with E-state index in [1.165, 1.54) is 16.6 Å². The molecule has 7 heteroatoms. The molecule has 0 unspecified atom stereocenters. The van der Waals surface area contributed by atoms with Crippen LogP contribution in [0.3, 0.4) is 0 Å². The number of nitrogens with zero attached hydrogens (tertiary/aromatic N) is 4. The molecule has 1 aliphatic heterocycles. The van der Waals surface area contributed by atoms with Gasteiger partial charge in [0.25, 0.3) is 0 Å². The van der Waals surface area contributed by atoms with Gasteiger partial charge in [-0.1, -0.05) is 13.8 Å². The average Bonchev–Trinajstić information content (AvgIpc) is 3.37. The van der Waals surface area contributed by atoms with Crippen molar-refractivity contribution in [3.63, 3.8) is 0 Å². The molecule has 7 nitrogen and oxygen atoms in total. The van der Waals surface area contributed by atoms with E-state index >= 15 is 0 Å². The van der Waals surface area contributed by atoms with Gasteiger partial charge in [0.15, 0.2) is 11.4 Å². The van der Waals surface area contributed by atoms with Crippen molar-refractivity contribution in [1.82, 2.24) is 29.9 Å². The van der Waals surface area contributed by atoms with Crippen molar-refractivity contribution in [3.8, 4) is 17.0 Å². The summed E-state index contributed by atoms with van der Waals surface area (Å²) in [6.45, 7) is 6.61. The number of aromatic nitrogens is 5. The van der Waals surface area contributed by atoms with E-state index in [0.29, 0.717) is 23.2 Å². The van der Waals surface area contributed by atoms with Crippen LogP contribution in [0.15, 0.2) is 30.9 Å². The van der Waals surface area contributed by atoms with Crippen molar-refractivity contribution in [2.24, 2.45) is 0 Å². The summed E-state index contributed by atoms with van der Waals surface area (Å²) in [6.07, 6.45) is 7.83. The second-order valence-electron chi connectivity index (χ2n) is 8.07. The molecule has 1 saturated heterocycles. The highest BCUT2D eigenvalue weighted by Gasteiger charge is 2.22. The van der Waals surface area contributed by atoms with Crippen LogP contribution in [-0.2, 0) is 0 Å². The summed E-state index contributed by atoms with van der Waals surface area (Å²) in [4.78, 5) is 12.7. The van der Waals surface area contributed by atoms with Gasteiger partial charge in [0, 0.05) is 28.8 Å². The lowest BCUT2D eigenvalue weighted by Crippen LogP contribution is -2.27. The van der Waals surface area contributed by atoms with E-state index in [-0.39, 0.29) is 0 Å². The molecule has 2 N–H and O–H groups in total. The molecule has 150 valence electrons. The first-order valence-electron chi connectivity index (χ1n) is 10.3. The molecule has 0 radical (unpaired) electrons. The number of fused-ring (bicyclic) bond motifs is 2. The summed E-state index contributed by atoms with van der Waals surface area (Å²) >= 11 is 0. The number of aromatic amines is 1. The fourth-order valence-electron chi connectivity index (χ4n) is 4.48. The largest absolute Gasteiger partial charge is 0.493 e. The summed E-state index contributed by atoms with van der Waals surface area (Å²) in [7, 11) is 1.66. The Morgan fingerprint density at radius 3 is 2.76 bits per heavy atom. The number of H-pyrrole nitrogens is 1. The molecule has 0 atom stereocenters. The lowest BCUT2D eigenvalue weighted by atomic mass is 9.91. The number of rotatable bonds is 4. The van der Waals surface area contributed by atoms with E-state index in [4.69, 9.17) is 9.72 Å². The Balaban J connectivity index is 1.68. The van der Waals surface area contributed by atoms with Gasteiger partial charge in [-0.15, -0.1) is 0 Å². The summed E-state index contributed by atoms with van der Waals surface area (Å²) in [6, 6.07) is 4.33. The van der Waals surface area contributed by atoms with Crippen molar-refractivity contribution in [3.05, 3.63) is 42.1 Å². The highest BCUT2D eigenvalue weighted by Crippen LogP contribution is 2.38. The number of piperidine rings is 1. The van der Waals surface area contributed by atoms with Crippen molar-refractivity contribution >= 4 is 16.6 Å². The van der Waals surface area contributed by atoms with Gasteiger partial charge in [0.2, 0.25) is 0 Å². The van der Waals surface area contributed by atoms with Gasteiger partial charge >= 0.3 is 0 Å². The second-order valence-corrected chi connectivity index (χ2v) is 8.07. The molecule has 5 rings (SSSR count). The fourth-order valence-corrected chi connectivity index (χ4v) is 4.48. The molecular formula is C22H26N6O. The maximum atomic E-state index is 5.57. The molecule has 0 saturated carbocycles. The monoisotopic (exact) mass is 390 g/mol. The number of pyridine rings is 2. The van der Waals surface area contributed by atoms with E-state index in [1.807, 2.05) is 18.5 Å². The normalized spacial score (nSPS) is 15.6. The minimum atomic E-state index is 0.361. The summed E-state index contributed by atoms with van der Waals surface area (Å²) in [5.74, 6) is 1.60. The summed E-state index contributed by atoms with van der Waals surface area (Å²) < 4.78 is 7.33.